The van der Waals surface area contributed by atoms with E-state index in [0.717, 1.165) is 13.0 Å². The van der Waals surface area contributed by atoms with E-state index in [9.17, 15) is 13.2 Å². The third-order valence-corrected chi connectivity index (χ3v) is 6.05. The molecule has 1 amide bonds. The molecule has 0 spiro atoms. The van der Waals surface area contributed by atoms with Gasteiger partial charge in [-0.1, -0.05) is 17.7 Å². The molecule has 0 bridgehead atoms. The van der Waals surface area contributed by atoms with Gasteiger partial charge in [0.05, 0.1) is 10.8 Å². The van der Waals surface area contributed by atoms with Crippen molar-refractivity contribution in [2.45, 2.75) is 18.2 Å². The smallest absolute Gasteiger partial charge is 0.262 e. The van der Waals surface area contributed by atoms with Crippen LogP contribution < -0.4 is 15.4 Å². The number of carbonyl (C=O) groups excluding carboxylic acids is 1. The molecule has 3 N–H and O–H groups in total. The average Bonchev–Trinajstić information content (AvgIpc) is 3.13. The number of benzene rings is 2. The van der Waals surface area contributed by atoms with Crippen LogP contribution in [-0.4, -0.2) is 27.4 Å². The molecule has 1 fully saturated rings. The number of hydrogen-bond acceptors (Lipinski definition) is 4. The Morgan fingerprint density at radius 3 is 2.44 bits per heavy atom. The molecule has 1 saturated heterocycles. The molecule has 2 aromatic carbocycles. The van der Waals surface area contributed by atoms with Crippen LogP contribution in [-0.2, 0) is 14.8 Å². The predicted octanol–water partition coefficient (Wildman–Crippen LogP) is 3.42. The Morgan fingerprint density at radius 1 is 1.15 bits per heavy atom. The van der Waals surface area contributed by atoms with Crippen molar-refractivity contribution in [3.8, 4) is 0 Å². The van der Waals surface area contributed by atoms with E-state index in [1.807, 2.05) is 0 Å². The van der Waals surface area contributed by atoms with Gasteiger partial charge in [-0.25, -0.2) is 8.42 Å². The van der Waals surface area contributed by atoms with Crippen molar-refractivity contribution in [3.05, 3.63) is 53.1 Å². The molecule has 1 aliphatic heterocycles. The van der Waals surface area contributed by atoms with Crippen LogP contribution in [0.5, 0.6) is 0 Å². The van der Waals surface area contributed by atoms with Crippen LogP contribution in [0.15, 0.2) is 47.4 Å². The molecule has 146 valence electrons. The molecule has 0 aromatic heterocycles. The zero-order chi connectivity index (χ0) is 18.7. The summed E-state index contributed by atoms with van der Waals surface area (Å²) in [5, 5.41) is 6.47. The fourth-order valence-electron chi connectivity index (χ4n) is 2.82. The normalized spacial score (nSPS) is 16.4. The molecule has 9 heteroatoms. The first kappa shape index (κ1) is 21.5. The number of carbonyl (C=O) groups is 1. The summed E-state index contributed by atoms with van der Waals surface area (Å²) >= 11 is 5.83. The lowest BCUT2D eigenvalue weighted by atomic mass is 10.1. The summed E-state index contributed by atoms with van der Waals surface area (Å²) in [6, 6.07) is 11.3. The van der Waals surface area contributed by atoms with Gasteiger partial charge in [-0.2, -0.15) is 0 Å². The van der Waals surface area contributed by atoms with E-state index >= 15 is 0 Å². The highest BCUT2D eigenvalue weighted by atomic mass is 35.5. The van der Waals surface area contributed by atoms with Crippen LogP contribution in [0, 0.1) is 12.8 Å². The van der Waals surface area contributed by atoms with Crippen LogP contribution in [0.3, 0.4) is 0 Å². The van der Waals surface area contributed by atoms with Crippen molar-refractivity contribution < 1.29 is 13.2 Å². The van der Waals surface area contributed by atoms with Crippen LogP contribution in [0.1, 0.15) is 12.0 Å². The van der Waals surface area contributed by atoms with Gasteiger partial charge in [0.1, 0.15) is 0 Å². The molecule has 3 rings (SSSR count). The first-order chi connectivity index (χ1) is 12.3. The fourth-order valence-corrected chi connectivity index (χ4v) is 4.27. The minimum atomic E-state index is -3.79. The Kier molecular flexibility index (Phi) is 7.11. The molecular weight excluding hydrogens is 409 g/mol. The number of rotatable bonds is 5. The predicted molar refractivity (Wildman–Crippen MR) is 110 cm³/mol. The quantitative estimate of drug-likeness (QED) is 0.679. The Labute approximate surface area is 170 Å². The molecule has 2 aromatic rings. The van der Waals surface area contributed by atoms with Crippen LogP contribution >= 0.6 is 24.0 Å². The zero-order valence-electron chi connectivity index (χ0n) is 14.7. The van der Waals surface area contributed by atoms with Gasteiger partial charge in [-0.3, -0.25) is 9.52 Å². The summed E-state index contributed by atoms with van der Waals surface area (Å²) in [4.78, 5) is 12.4. The van der Waals surface area contributed by atoms with Crippen molar-refractivity contribution in [1.82, 2.24) is 5.32 Å². The summed E-state index contributed by atoms with van der Waals surface area (Å²) in [6.45, 7) is 3.17. The zero-order valence-corrected chi connectivity index (χ0v) is 17.0. The minimum Gasteiger partial charge on any atom is -0.326 e. The standard InChI is InChI=1S/C18H20ClN3O3S.ClH/c1-12-2-5-16(21-18(23)13-8-9-20-11-13)10-17(12)26(24,25)22-15-6-3-14(19)4-7-15;/h2-7,10,13,20,22H,8-9,11H2,1H3,(H,21,23);1H. The number of halogens is 2. The molecule has 1 aliphatic rings. The van der Waals surface area contributed by atoms with Crippen LogP contribution in [0.4, 0.5) is 11.4 Å². The maximum absolute atomic E-state index is 12.7. The number of amides is 1. The highest BCUT2D eigenvalue weighted by Gasteiger charge is 2.23. The Hall–Kier alpha value is -1.80. The summed E-state index contributed by atoms with van der Waals surface area (Å²) < 4.78 is 28.0. The molecular formula is C18H21Cl2N3O3S. The monoisotopic (exact) mass is 429 g/mol. The average molecular weight is 430 g/mol. The van der Waals surface area contributed by atoms with E-state index < -0.39 is 10.0 Å². The highest BCUT2D eigenvalue weighted by molar-refractivity contribution is 7.92. The van der Waals surface area contributed by atoms with Crippen molar-refractivity contribution in [2.24, 2.45) is 5.92 Å². The van der Waals surface area contributed by atoms with E-state index in [0.29, 0.717) is 28.5 Å². The van der Waals surface area contributed by atoms with E-state index in [2.05, 4.69) is 15.4 Å². The summed E-state index contributed by atoms with van der Waals surface area (Å²) in [5.74, 6) is -0.198. The van der Waals surface area contributed by atoms with E-state index in [1.54, 1.807) is 43.3 Å². The van der Waals surface area contributed by atoms with E-state index in [1.165, 1.54) is 6.07 Å². The second-order valence-electron chi connectivity index (χ2n) is 6.27. The van der Waals surface area contributed by atoms with Crippen molar-refractivity contribution in [1.29, 1.82) is 0 Å². The fraction of sp³-hybridized carbons (Fsp3) is 0.278. The van der Waals surface area contributed by atoms with Gasteiger partial charge in [-0.15, -0.1) is 12.4 Å². The largest absolute Gasteiger partial charge is 0.326 e. The van der Waals surface area contributed by atoms with Crippen LogP contribution in [0.25, 0.3) is 0 Å². The van der Waals surface area contributed by atoms with Crippen molar-refractivity contribution in [2.75, 3.05) is 23.1 Å². The Bertz CT molecular complexity index is 912. The molecule has 1 atom stereocenters. The molecule has 0 radical (unpaired) electrons. The second kappa shape index (κ2) is 8.93. The maximum Gasteiger partial charge on any atom is 0.262 e. The molecule has 1 unspecified atom stereocenters. The molecule has 0 aliphatic carbocycles. The van der Waals surface area contributed by atoms with Gasteiger partial charge in [0, 0.05) is 22.9 Å². The van der Waals surface area contributed by atoms with Crippen molar-refractivity contribution >= 4 is 51.3 Å². The van der Waals surface area contributed by atoms with Gasteiger partial charge in [0.2, 0.25) is 5.91 Å². The first-order valence-electron chi connectivity index (χ1n) is 8.26. The molecule has 6 nitrogen and oxygen atoms in total. The van der Waals surface area contributed by atoms with Gasteiger partial charge < -0.3 is 10.6 Å². The van der Waals surface area contributed by atoms with E-state index in [4.69, 9.17) is 11.6 Å². The SMILES string of the molecule is Cc1ccc(NC(=O)C2CCNC2)cc1S(=O)(=O)Nc1ccc(Cl)cc1.Cl. The van der Waals surface area contributed by atoms with Gasteiger partial charge in [0.15, 0.2) is 0 Å². The number of nitrogens with one attached hydrogen (secondary N) is 3. The highest BCUT2D eigenvalue weighted by Crippen LogP contribution is 2.24. The maximum atomic E-state index is 12.7. The third-order valence-electron chi connectivity index (χ3n) is 4.27. The minimum absolute atomic E-state index is 0. The number of sulfonamides is 1. The van der Waals surface area contributed by atoms with Gasteiger partial charge in [-0.05, 0) is 61.9 Å². The lowest BCUT2D eigenvalue weighted by Crippen LogP contribution is -2.24. The Morgan fingerprint density at radius 2 is 1.81 bits per heavy atom. The van der Waals surface area contributed by atoms with Gasteiger partial charge >= 0.3 is 0 Å². The lowest BCUT2D eigenvalue weighted by Gasteiger charge is -2.14. The second-order valence-corrected chi connectivity index (χ2v) is 8.36. The molecule has 1 heterocycles. The van der Waals surface area contributed by atoms with Gasteiger partial charge in [0.25, 0.3) is 10.0 Å². The Balaban J connectivity index is 0.00000261. The first-order valence-corrected chi connectivity index (χ1v) is 10.1. The van der Waals surface area contributed by atoms with Crippen molar-refractivity contribution in [3.63, 3.8) is 0 Å². The number of hydrogen-bond donors (Lipinski definition) is 3. The molecule has 27 heavy (non-hydrogen) atoms. The molecule has 0 saturated carbocycles. The number of aryl methyl sites for hydroxylation is 1. The summed E-state index contributed by atoms with van der Waals surface area (Å²) in [6.07, 6.45) is 0.779. The van der Waals surface area contributed by atoms with Crippen LogP contribution in [0.2, 0.25) is 5.02 Å². The summed E-state index contributed by atoms with van der Waals surface area (Å²) in [7, 11) is -3.79. The topological polar surface area (TPSA) is 87.3 Å². The number of anilines is 2. The summed E-state index contributed by atoms with van der Waals surface area (Å²) in [5.41, 5.74) is 1.47. The lowest BCUT2D eigenvalue weighted by molar-refractivity contribution is -0.119. The van der Waals surface area contributed by atoms with E-state index in [-0.39, 0.29) is 29.1 Å². The third kappa shape index (κ3) is 5.35.